The summed E-state index contributed by atoms with van der Waals surface area (Å²) in [4.78, 5) is 10.8. The van der Waals surface area contributed by atoms with Crippen LogP contribution in [0.1, 0.15) is 17.9 Å². The van der Waals surface area contributed by atoms with Crippen LogP contribution in [0.5, 0.6) is 0 Å². The largest absolute Gasteiger partial charge is 0.481 e. The Morgan fingerprint density at radius 3 is 2.65 bits per heavy atom. The average molecular weight is 228 g/mol. The molecule has 0 amide bonds. The first-order valence-corrected chi connectivity index (χ1v) is 5.58. The number of carboxylic acid groups (broad SMARTS) is 1. The van der Waals surface area contributed by atoms with Gasteiger partial charge in [0.2, 0.25) is 0 Å². The predicted molar refractivity (Wildman–Crippen MR) is 62.0 cm³/mol. The molecule has 0 radical (unpaired) electrons. The summed E-state index contributed by atoms with van der Waals surface area (Å²) in [5, 5.41) is 13.0. The Morgan fingerprint density at radius 2 is 2.12 bits per heavy atom. The molecule has 4 nitrogen and oxygen atoms in total. The van der Waals surface area contributed by atoms with Crippen LogP contribution >= 0.6 is 0 Å². The zero-order chi connectivity index (χ0) is 11.8. The van der Waals surface area contributed by atoms with E-state index in [1.165, 1.54) is 0 Å². The van der Waals surface area contributed by atoms with Crippen molar-refractivity contribution >= 4 is 5.97 Å². The Balaban J connectivity index is 1.80. The Labute approximate surface area is 98.5 Å². The molecule has 1 fully saturated rings. The summed E-state index contributed by atoms with van der Waals surface area (Å²) in [6.07, 6.45) is 4.37. The lowest BCUT2D eigenvalue weighted by Gasteiger charge is -2.03. The maximum Gasteiger partial charge on any atom is 0.307 e. The third kappa shape index (κ3) is 1.82. The van der Waals surface area contributed by atoms with E-state index in [2.05, 4.69) is 5.10 Å². The highest BCUT2D eigenvalue weighted by atomic mass is 16.4. The topological polar surface area (TPSA) is 55.1 Å². The summed E-state index contributed by atoms with van der Waals surface area (Å²) in [6, 6.07) is 9.80. The van der Waals surface area contributed by atoms with Crippen LogP contribution < -0.4 is 0 Å². The molecule has 17 heavy (non-hydrogen) atoms. The van der Waals surface area contributed by atoms with Crippen molar-refractivity contribution in [3.63, 3.8) is 0 Å². The highest BCUT2D eigenvalue weighted by Gasteiger charge is 2.43. The minimum absolute atomic E-state index is 0.189. The SMILES string of the molecule is O=C(O)[C@@H]1C[C@H]1c1ccc(-n2cccn2)cc1. The number of hydrogen-bond acceptors (Lipinski definition) is 2. The van der Waals surface area contributed by atoms with Gasteiger partial charge in [-0.1, -0.05) is 12.1 Å². The minimum Gasteiger partial charge on any atom is -0.481 e. The number of benzene rings is 1. The van der Waals surface area contributed by atoms with E-state index in [1.54, 1.807) is 10.9 Å². The van der Waals surface area contributed by atoms with E-state index in [0.717, 1.165) is 17.7 Å². The number of carboxylic acids is 1. The number of aliphatic carboxylic acids is 1. The summed E-state index contributed by atoms with van der Waals surface area (Å²) in [7, 11) is 0. The first kappa shape index (κ1) is 10.1. The van der Waals surface area contributed by atoms with Crippen molar-refractivity contribution < 1.29 is 9.90 Å². The number of nitrogens with zero attached hydrogens (tertiary/aromatic N) is 2. The molecule has 0 bridgehead atoms. The van der Waals surface area contributed by atoms with E-state index in [4.69, 9.17) is 5.11 Å². The van der Waals surface area contributed by atoms with Crippen molar-refractivity contribution in [2.75, 3.05) is 0 Å². The maximum atomic E-state index is 10.8. The van der Waals surface area contributed by atoms with E-state index in [0.29, 0.717) is 0 Å². The molecule has 1 N–H and O–H groups in total. The maximum absolute atomic E-state index is 10.8. The van der Waals surface area contributed by atoms with Crippen LogP contribution in [0, 0.1) is 5.92 Å². The van der Waals surface area contributed by atoms with Crippen LogP contribution in [0.3, 0.4) is 0 Å². The van der Waals surface area contributed by atoms with Gasteiger partial charge in [0.1, 0.15) is 0 Å². The van der Waals surface area contributed by atoms with Gasteiger partial charge in [-0.15, -0.1) is 0 Å². The average Bonchev–Trinajstić information content (AvgIpc) is 2.97. The van der Waals surface area contributed by atoms with Crippen molar-refractivity contribution in [1.82, 2.24) is 9.78 Å². The monoisotopic (exact) mass is 228 g/mol. The Morgan fingerprint density at radius 1 is 1.35 bits per heavy atom. The molecule has 3 rings (SSSR count). The molecule has 1 aromatic carbocycles. The molecule has 1 aromatic heterocycles. The second kappa shape index (κ2) is 3.73. The van der Waals surface area contributed by atoms with Gasteiger partial charge >= 0.3 is 5.97 Å². The quantitative estimate of drug-likeness (QED) is 0.874. The molecule has 1 heterocycles. The van der Waals surface area contributed by atoms with Gasteiger partial charge in [0.25, 0.3) is 0 Å². The van der Waals surface area contributed by atoms with Gasteiger partial charge in [-0.05, 0) is 36.1 Å². The number of rotatable bonds is 3. The predicted octanol–water partition coefficient (Wildman–Crippen LogP) is 2.06. The first-order valence-electron chi connectivity index (χ1n) is 5.58. The number of hydrogen-bond donors (Lipinski definition) is 1. The molecule has 0 spiro atoms. The summed E-state index contributed by atoms with van der Waals surface area (Å²) >= 11 is 0. The van der Waals surface area contributed by atoms with Crippen molar-refractivity contribution in [3.8, 4) is 5.69 Å². The molecule has 86 valence electrons. The molecule has 1 aliphatic carbocycles. The third-order valence-electron chi connectivity index (χ3n) is 3.20. The van der Waals surface area contributed by atoms with E-state index >= 15 is 0 Å². The van der Waals surface area contributed by atoms with Crippen LogP contribution in [-0.4, -0.2) is 20.9 Å². The summed E-state index contributed by atoms with van der Waals surface area (Å²) in [6.45, 7) is 0. The van der Waals surface area contributed by atoms with E-state index < -0.39 is 5.97 Å². The molecule has 2 atom stereocenters. The van der Waals surface area contributed by atoms with Gasteiger partial charge in [-0.25, -0.2) is 4.68 Å². The fourth-order valence-electron chi connectivity index (χ4n) is 2.13. The van der Waals surface area contributed by atoms with Gasteiger partial charge in [0.15, 0.2) is 0 Å². The van der Waals surface area contributed by atoms with Gasteiger partial charge in [0.05, 0.1) is 11.6 Å². The molecule has 1 aliphatic rings. The summed E-state index contributed by atoms with van der Waals surface area (Å²) in [5.74, 6) is -0.684. The molecule has 0 saturated heterocycles. The van der Waals surface area contributed by atoms with Crippen molar-refractivity contribution in [2.45, 2.75) is 12.3 Å². The standard InChI is InChI=1S/C13H12N2O2/c16-13(17)12-8-11(12)9-2-4-10(5-3-9)15-7-1-6-14-15/h1-7,11-12H,8H2,(H,16,17)/t11-,12+/m0/s1. The van der Waals surface area contributed by atoms with Crippen LogP contribution in [0.25, 0.3) is 5.69 Å². The summed E-state index contributed by atoms with van der Waals surface area (Å²) in [5.41, 5.74) is 2.10. The van der Waals surface area contributed by atoms with Crippen LogP contribution in [0.2, 0.25) is 0 Å². The van der Waals surface area contributed by atoms with Crippen molar-refractivity contribution in [1.29, 1.82) is 0 Å². The highest BCUT2D eigenvalue weighted by molar-refractivity contribution is 5.75. The lowest BCUT2D eigenvalue weighted by molar-refractivity contribution is -0.138. The van der Waals surface area contributed by atoms with Gasteiger partial charge < -0.3 is 5.11 Å². The highest BCUT2D eigenvalue weighted by Crippen LogP contribution is 2.47. The van der Waals surface area contributed by atoms with Crippen molar-refractivity contribution in [2.24, 2.45) is 5.92 Å². The minimum atomic E-state index is -0.689. The van der Waals surface area contributed by atoms with Crippen LogP contribution in [0.4, 0.5) is 0 Å². The second-order valence-corrected chi connectivity index (χ2v) is 4.33. The fraction of sp³-hybridized carbons (Fsp3) is 0.231. The molecular formula is C13H12N2O2. The Kier molecular flexibility index (Phi) is 2.21. The smallest absolute Gasteiger partial charge is 0.307 e. The molecular weight excluding hydrogens is 216 g/mol. The van der Waals surface area contributed by atoms with Crippen molar-refractivity contribution in [3.05, 3.63) is 48.3 Å². The lowest BCUT2D eigenvalue weighted by atomic mass is 10.1. The molecule has 1 saturated carbocycles. The zero-order valence-corrected chi connectivity index (χ0v) is 9.15. The lowest BCUT2D eigenvalue weighted by Crippen LogP contribution is -1.99. The van der Waals surface area contributed by atoms with Gasteiger partial charge in [0, 0.05) is 12.4 Å². The molecule has 0 aliphatic heterocycles. The number of aromatic nitrogens is 2. The van der Waals surface area contributed by atoms with Gasteiger partial charge in [-0.2, -0.15) is 5.10 Å². The van der Waals surface area contributed by atoms with Crippen LogP contribution in [-0.2, 0) is 4.79 Å². The normalized spacial score (nSPS) is 22.4. The molecule has 4 heteroatoms. The Bertz CT molecular complexity index is 531. The third-order valence-corrected chi connectivity index (χ3v) is 3.20. The first-order chi connectivity index (χ1) is 8.25. The summed E-state index contributed by atoms with van der Waals surface area (Å²) < 4.78 is 1.78. The molecule has 0 unspecified atom stereocenters. The number of carbonyl (C=O) groups is 1. The van der Waals surface area contributed by atoms with E-state index in [-0.39, 0.29) is 11.8 Å². The zero-order valence-electron chi connectivity index (χ0n) is 9.15. The molecule has 2 aromatic rings. The Hall–Kier alpha value is -2.10. The second-order valence-electron chi connectivity index (χ2n) is 4.33. The fourth-order valence-corrected chi connectivity index (χ4v) is 2.13. The van der Waals surface area contributed by atoms with E-state index in [9.17, 15) is 4.79 Å². The van der Waals surface area contributed by atoms with Crippen LogP contribution in [0.15, 0.2) is 42.7 Å². The van der Waals surface area contributed by atoms with Gasteiger partial charge in [-0.3, -0.25) is 4.79 Å². The van der Waals surface area contributed by atoms with E-state index in [1.807, 2.05) is 36.5 Å².